The van der Waals surface area contributed by atoms with E-state index in [0.29, 0.717) is 5.92 Å². The van der Waals surface area contributed by atoms with Crippen molar-refractivity contribution in [2.75, 3.05) is 20.2 Å². The summed E-state index contributed by atoms with van der Waals surface area (Å²) in [7, 11) is 1.79. The lowest BCUT2D eigenvalue weighted by molar-refractivity contribution is -0.0211. The third kappa shape index (κ3) is 1.50. The van der Waals surface area contributed by atoms with Crippen LogP contribution in [0.15, 0.2) is 0 Å². The standard InChI is InChI=1S/C8H17NO/c1-8(2,10-3)7-4-5-9-6-7/h7,9H,4-6H2,1-3H3. The van der Waals surface area contributed by atoms with Crippen molar-refractivity contribution < 1.29 is 4.74 Å². The quantitative estimate of drug-likeness (QED) is 0.623. The molecule has 10 heavy (non-hydrogen) atoms. The van der Waals surface area contributed by atoms with Crippen LogP contribution in [-0.4, -0.2) is 25.8 Å². The molecule has 1 rings (SSSR count). The van der Waals surface area contributed by atoms with Gasteiger partial charge in [-0.1, -0.05) is 0 Å². The van der Waals surface area contributed by atoms with Gasteiger partial charge in [0.2, 0.25) is 0 Å². The van der Waals surface area contributed by atoms with Crippen LogP contribution in [0.3, 0.4) is 0 Å². The Kier molecular flexibility index (Phi) is 2.32. The summed E-state index contributed by atoms with van der Waals surface area (Å²) in [4.78, 5) is 0. The van der Waals surface area contributed by atoms with Gasteiger partial charge in [-0.25, -0.2) is 0 Å². The molecule has 0 spiro atoms. The molecule has 0 amide bonds. The molecule has 1 aliphatic heterocycles. The van der Waals surface area contributed by atoms with Crippen LogP contribution in [0.4, 0.5) is 0 Å². The number of hydrogen-bond acceptors (Lipinski definition) is 2. The van der Waals surface area contributed by atoms with E-state index < -0.39 is 0 Å². The Balaban J connectivity index is 2.45. The fourth-order valence-electron chi connectivity index (χ4n) is 1.41. The Morgan fingerprint density at radius 1 is 1.50 bits per heavy atom. The maximum Gasteiger partial charge on any atom is 0.0663 e. The molecule has 0 radical (unpaired) electrons. The van der Waals surface area contributed by atoms with E-state index in [1.54, 1.807) is 7.11 Å². The molecule has 1 unspecified atom stereocenters. The van der Waals surface area contributed by atoms with E-state index in [1.165, 1.54) is 6.42 Å². The Labute approximate surface area is 63.0 Å². The molecule has 0 aromatic carbocycles. The van der Waals surface area contributed by atoms with Crippen LogP contribution in [0, 0.1) is 5.92 Å². The van der Waals surface area contributed by atoms with Gasteiger partial charge in [0.25, 0.3) is 0 Å². The molecule has 0 aromatic rings. The second-order valence-electron chi connectivity index (χ2n) is 3.50. The molecule has 2 nitrogen and oxygen atoms in total. The summed E-state index contributed by atoms with van der Waals surface area (Å²) in [6.07, 6.45) is 1.25. The topological polar surface area (TPSA) is 21.3 Å². The van der Waals surface area contributed by atoms with Crippen molar-refractivity contribution >= 4 is 0 Å². The molecule has 0 aromatic heterocycles. The van der Waals surface area contributed by atoms with Crippen LogP contribution in [0.25, 0.3) is 0 Å². The summed E-state index contributed by atoms with van der Waals surface area (Å²) >= 11 is 0. The minimum Gasteiger partial charge on any atom is -0.378 e. The second-order valence-corrected chi connectivity index (χ2v) is 3.50. The number of nitrogens with one attached hydrogen (secondary N) is 1. The van der Waals surface area contributed by atoms with E-state index in [2.05, 4.69) is 19.2 Å². The minimum absolute atomic E-state index is 0.0590. The number of hydrogen-bond donors (Lipinski definition) is 1. The zero-order chi connectivity index (χ0) is 7.61. The molecule has 0 aliphatic carbocycles. The van der Waals surface area contributed by atoms with E-state index in [9.17, 15) is 0 Å². The van der Waals surface area contributed by atoms with Crippen LogP contribution in [0.1, 0.15) is 20.3 Å². The van der Waals surface area contributed by atoms with Crippen LogP contribution in [0.2, 0.25) is 0 Å². The molecular weight excluding hydrogens is 126 g/mol. The Morgan fingerprint density at radius 3 is 2.60 bits per heavy atom. The molecule has 1 heterocycles. The number of ether oxygens (including phenoxy) is 1. The van der Waals surface area contributed by atoms with Crippen molar-refractivity contribution in [3.05, 3.63) is 0 Å². The first kappa shape index (κ1) is 8.02. The minimum atomic E-state index is 0.0590. The van der Waals surface area contributed by atoms with E-state index in [-0.39, 0.29) is 5.60 Å². The highest BCUT2D eigenvalue weighted by Gasteiger charge is 2.31. The van der Waals surface area contributed by atoms with Gasteiger partial charge in [-0.3, -0.25) is 0 Å². The van der Waals surface area contributed by atoms with Gasteiger partial charge in [0.1, 0.15) is 0 Å². The predicted octanol–water partition coefficient (Wildman–Crippen LogP) is 1.02. The van der Waals surface area contributed by atoms with Crippen LogP contribution in [0.5, 0.6) is 0 Å². The lowest BCUT2D eigenvalue weighted by Crippen LogP contribution is -2.34. The van der Waals surface area contributed by atoms with E-state index in [1.807, 2.05) is 0 Å². The van der Waals surface area contributed by atoms with Crippen molar-refractivity contribution in [1.82, 2.24) is 5.32 Å². The Hall–Kier alpha value is -0.0800. The van der Waals surface area contributed by atoms with Crippen LogP contribution in [-0.2, 0) is 4.74 Å². The zero-order valence-corrected chi connectivity index (χ0v) is 7.11. The molecule has 1 atom stereocenters. The van der Waals surface area contributed by atoms with Gasteiger partial charge in [0.15, 0.2) is 0 Å². The molecular formula is C8H17NO. The summed E-state index contributed by atoms with van der Waals surface area (Å²) in [5, 5.41) is 3.33. The van der Waals surface area contributed by atoms with Crippen molar-refractivity contribution in [3.63, 3.8) is 0 Å². The molecule has 60 valence electrons. The SMILES string of the molecule is COC(C)(C)C1CCNC1. The first-order valence-electron chi connectivity index (χ1n) is 3.92. The first-order chi connectivity index (χ1) is 4.67. The average molecular weight is 143 g/mol. The van der Waals surface area contributed by atoms with Crippen molar-refractivity contribution in [2.24, 2.45) is 5.92 Å². The molecule has 1 N–H and O–H groups in total. The maximum absolute atomic E-state index is 5.38. The average Bonchev–Trinajstić information content (AvgIpc) is 2.38. The molecule has 1 fully saturated rings. The monoisotopic (exact) mass is 143 g/mol. The Bertz CT molecular complexity index is 106. The van der Waals surface area contributed by atoms with E-state index in [0.717, 1.165) is 13.1 Å². The molecule has 1 saturated heterocycles. The smallest absolute Gasteiger partial charge is 0.0663 e. The summed E-state index contributed by atoms with van der Waals surface area (Å²) in [5.74, 6) is 0.692. The fourth-order valence-corrected chi connectivity index (χ4v) is 1.41. The van der Waals surface area contributed by atoms with Crippen molar-refractivity contribution in [1.29, 1.82) is 0 Å². The van der Waals surface area contributed by atoms with Gasteiger partial charge in [0, 0.05) is 19.6 Å². The predicted molar refractivity (Wildman–Crippen MR) is 42.1 cm³/mol. The normalized spacial score (nSPS) is 27.3. The first-order valence-corrected chi connectivity index (χ1v) is 3.92. The van der Waals surface area contributed by atoms with E-state index in [4.69, 9.17) is 4.74 Å². The lowest BCUT2D eigenvalue weighted by Gasteiger charge is -2.29. The van der Waals surface area contributed by atoms with Gasteiger partial charge >= 0.3 is 0 Å². The highest BCUT2D eigenvalue weighted by Crippen LogP contribution is 2.25. The van der Waals surface area contributed by atoms with Gasteiger partial charge < -0.3 is 10.1 Å². The van der Waals surface area contributed by atoms with Gasteiger partial charge in [-0.05, 0) is 26.8 Å². The summed E-state index contributed by atoms with van der Waals surface area (Å²) in [5.41, 5.74) is 0.0590. The maximum atomic E-state index is 5.38. The second kappa shape index (κ2) is 2.89. The summed E-state index contributed by atoms with van der Waals surface area (Å²) < 4.78 is 5.38. The van der Waals surface area contributed by atoms with Crippen molar-refractivity contribution in [2.45, 2.75) is 25.9 Å². The van der Waals surface area contributed by atoms with Crippen molar-refractivity contribution in [3.8, 4) is 0 Å². The fraction of sp³-hybridized carbons (Fsp3) is 1.00. The van der Waals surface area contributed by atoms with Gasteiger partial charge in [0.05, 0.1) is 5.60 Å². The number of rotatable bonds is 2. The molecule has 2 heteroatoms. The number of methoxy groups -OCH3 is 1. The largest absolute Gasteiger partial charge is 0.378 e. The summed E-state index contributed by atoms with van der Waals surface area (Å²) in [6.45, 7) is 6.58. The third-order valence-corrected chi connectivity index (χ3v) is 2.57. The lowest BCUT2D eigenvalue weighted by atomic mass is 9.90. The summed E-state index contributed by atoms with van der Waals surface area (Å²) in [6, 6.07) is 0. The van der Waals surface area contributed by atoms with E-state index >= 15 is 0 Å². The van der Waals surface area contributed by atoms with Gasteiger partial charge in [-0.15, -0.1) is 0 Å². The third-order valence-electron chi connectivity index (χ3n) is 2.57. The van der Waals surface area contributed by atoms with Crippen LogP contribution < -0.4 is 5.32 Å². The molecule has 1 aliphatic rings. The highest BCUT2D eigenvalue weighted by molar-refractivity contribution is 4.85. The molecule has 0 saturated carbocycles. The van der Waals surface area contributed by atoms with Crippen LogP contribution >= 0.6 is 0 Å². The Morgan fingerprint density at radius 2 is 2.20 bits per heavy atom. The zero-order valence-electron chi connectivity index (χ0n) is 7.11. The highest BCUT2D eigenvalue weighted by atomic mass is 16.5. The van der Waals surface area contributed by atoms with Gasteiger partial charge in [-0.2, -0.15) is 0 Å². The molecule has 0 bridgehead atoms.